The van der Waals surface area contributed by atoms with E-state index in [1.807, 2.05) is 27.7 Å². The van der Waals surface area contributed by atoms with E-state index in [-0.39, 0.29) is 24.3 Å². The predicted molar refractivity (Wildman–Crippen MR) is 127 cm³/mol. The second-order valence-electron chi connectivity index (χ2n) is 6.53. The molecule has 0 radical (unpaired) electrons. The van der Waals surface area contributed by atoms with Crippen molar-refractivity contribution in [1.29, 1.82) is 0 Å². The van der Waals surface area contributed by atoms with E-state index in [4.69, 9.17) is 21.1 Å². The van der Waals surface area contributed by atoms with Gasteiger partial charge in [0.1, 0.15) is 5.15 Å². The van der Waals surface area contributed by atoms with Crippen LogP contribution in [0.5, 0.6) is 11.5 Å². The number of ether oxygens (including phenoxy) is 2. The summed E-state index contributed by atoms with van der Waals surface area (Å²) in [6.07, 6.45) is -4.87. The average molecular weight is 512 g/mol. The molecule has 11 heteroatoms. The Bertz CT molecular complexity index is 1200. The van der Waals surface area contributed by atoms with E-state index < -0.39 is 28.5 Å². The zero-order chi connectivity index (χ0) is 26.3. The molecule has 0 fully saturated rings. The molecule has 2 aromatic carbocycles. The molecule has 7 nitrogen and oxygen atoms in total. The summed E-state index contributed by atoms with van der Waals surface area (Å²) in [6.45, 7) is 8.09. The second kappa shape index (κ2) is 11.7. The van der Waals surface area contributed by atoms with Crippen molar-refractivity contribution in [1.82, 2.24) is 9.78 Å². The van der Waals surface area contributed by atoms with Gasteiger partial charge < -0.3 is 14.4 Å². The van der Waals surface area contributed by atoms with E-state index in [1.165, 1.54) is 29.2 Å². The van der Waals surface area contributed by atoms with Crippen molar-refractivity contribution < 1.29 is 32.2 Å². The molecule has 0 saturated heterocycles. The Kier molecular flexibility index (Phi) is 9.30. The Morgan fingerprint density at radius 1 is 1.09 bits per heavy atom. The maximum atomic E-state index is 13.2. The average Bonchev–Trinajstić information content (AvgIpc) is 3.49. The fourth-order valence-corrected chi connectivity index (χ4v) is 3.34. The lowest BCUT2D eigenvalue weighted by Gasteiger charge is -2.18. The van der Waals surface area contributed by atoms with Crippen LogP contribution in [0.1, 0.15) is 54.1 Å². The van der Waals surface area contributed by atoms with E-state index in [2.05, 4.69) is 5.10 Å². The van der Waals surface area contributed by atoms with Crippen LogP contribution in [-0.4, -0.2) is 35.8 Å². The molecule has 0 N–H and O–H groups in total. The molecule has 35 heavy (non-hydrogen) atoms. The van der Waals surface area contributed by atoms with Crippen molar-refractivity contribution in [3.05, 3.63) is 64.4 Å². The molecule has 2 heterocycles. The van der Waals surface area contributed by atoms with Crippen LogP contribution in [0.4, 0.5) is 18.9 Å². The fourth-order valence-electron chi connectivity index (χ4n) is 3.07. The first kappa shape index (κ1) is 27.7. The maximum Gasteiger partial charge on any atom is 0.435 e. The third-order valence-electron chi connectivity index (χ3n) is 4.64. The highest BCUT2D eigenvalue weighted by atomic mass is 35.5. The molecule has 1 aromatic heterocycles. The Hall–Kier alpha value is -3.53. The number of fused-ring (bicyclic) bond motifs is 1. The van der Waals surface area contributed by atoms with Crippen LogP contribution >= 0.6 is 11.6 Å². The zero-order valence-corrected chi connectivity index (χ0v) is 20.6. The molecule has 0 saturated carbocycles. The van der Waals surface area contributed by atoms with Gasteiger partial charge in [-0.1, -0.05) is 45.4 Å². The van der Waals surface area contributed by atoms with Gasteiger partial charge >= 0.3 is 6.18 Å². The highest BCUT2D eigenvalue weighted by molar-refractivity contribution is 6.32. The van der Waals surface area contributed by atoms with Crippen molar-refractivity contribution in [2.45, 2.75) is 33.9 Å². The lowest BCUT2D eigenvalue weighted by molar-refractivity contribution is -0.141. The number of halogens is 4. The summed E-state index contributed by atoms with van der Waals surface area (Å²) in [5.74, 6) is 0.623. The molecule has 1 amide bonds. The number of amides is 1. The van der Waals surface area contributed by atoms with Gasteiger partial charge in [-0.05, 0) is 30.3 Å². The molecule has 4 rings (SSSR count). The normalized spacial score (nSPS) is 11.6. The van der Waals surface area contributed by atoms with Gasteiger partial charge in [-0.2, -0.15) is 18.3 Å². The van der Waals surface area contributed by atoms with Gasteiger partial charge in [-0.15, -0.1) is 0 Å². The van der Waals surface area contributed by atoms with Gasteiger partial charge in [-0.25, -0.2) is 4.68 Å². The van der Waals surface area contributed by atoms with E-state index in [1.54, 1.807) is 25.2 Å². The lowest BCUT2D eigenvalue weighted by atomic mass is 10.1. The number of rotatable bonds is 4. The van der Waals surface area contributed by atoms with Crippen molar-refractivity contribution in [2.24, 2.45) is 0 Å². The Morgan fingerprint density at radius 2 is 1.74 bits per heavy atom. The summed E-state index contributed by atoms with van der Waals surface area (Å²) in [6, 6.07) is 10.7. The Balaban J connectivity index is 0.00000103. The first-order valence-corrected chi connectivity index (χ1v) is 11.2. The number of benzene rings is 2. The summed E-state index contributed by atoms with van der Waals surface area (Å²) >= 11 is 5.96. The number of carbonyl (C=O) groups excluding carboxylic acids is 2. The van der Waals surface area contributed by atoms with E-state index in [0.29, 0.717) is 17.2 Å². The van der Waals surface area contributed by atoms with Gasteiger partial charge in [0, 0.05) is 24.4 Å². The molecular weight excluding hydrogens is 487 g/mol. The molecule has 0 bridgehead atoms. The minimum absolute atomic E-state index is 0.00290. The van der Waals surface area contributed by atoms with Crippen LogP contribution in [0.25, 0.3) is 5.69 Å². The van der Waals surface area contributed by atoms with Crippen LogP contribution in [0.15, 0.2) is 42.5 Å². The number of alkyl halides is 3. The number of hydrogen-bond acceptors (Lipinski definition) is 5. The van der Waals surface area contributed by atoms with Crippen molar-refractivity contribution in [3.8, 4) is 17.2 Å². The summed E-state index contributed by atoms with van der Waals surface area (Å²) < 4.78 is 50.8. The quantitative estimate of drug-likeness (QED) is 0.378. The maximum absolute atomic E-state index is 13.2. The van der Waals surface area contributed by atoms with Crippen LogP contribution in [0.3, 0.4) is 0 Å². The Morgan fingerprint density at radius 3 is 2.34 bits per heavy atom. The smallest absolute Gasteiger partial charge is 0.435 e. The Labute approximate surface area is 206 Å². The molecular formula is C24H25ClF3N3O4. The molecule has 188 valence electrons. The van der Waals surface area contributed by atoms with Crippen molar-refractivity contribution in [2.75, 3.05) is 18.7 Å². The van der Waals surface area contributed by atoms with Gasteiger partial charge in [0.2, 0.25) is 6.79 Å². The monoisotopic (exact) mass is 511 g/mol. The first-order chi connectivity index (χ1) is 16.7. The molecule has 0 atom stereocenters. The summed E-state index contributed by atoms with van der Waals surface area (Å²) in [7, 11) is 1.54. The molecule has 0 spiro atoms. The fraction of sp³-hybridized carbons (Fsp3) is 0.292. The third kappa shape index (κ3) is 5.76. The van der Waals surface area contributed by atoms with Crippen LogP contribution in [0, 0.1) is 0 Å². The van der Waals surface area contributed by atoms with Gasteiger partial charge in [0.15, 0.2) is 23.5 Å². The molecule has 3 aromatic rings. The molecule has 0 aliphatic carbocycles. The van der Waals surface area contributed by atoms with E-state index >= 15 is 0 Å². The lowest BCUT2D eigenvalue weighted by Crippen LogP contribution is -2.26. The van der Waals surface area contributed by atoms with E-state index in [0.717, 1.165) is 4.68 Å². The summed E-state index contributed by atoms with van der Waals surface area (Å²) in [4.78, 5) is 25.4. The minimum atomic E-state index is -4.86. The van der Waals surface area contributed by atoms with Crippen LogP contribution < -0.4 is 14.4 Å². The molecule has 0 unspecified atom stereocenters. The van der Waals surface area contributed by atoms with Crippen molar-refractivity contribution in [3.63, 3.8) is 0 Å². The zero-order valence-electron chi connectivity index (χ0n) is 19.8. The minimum Gasteiger partial charge on any atom is -0.454 e. The molecule has 1 aliphatic heterocycles. The van der Waals surface area contributed by atoms with Gasteiger partial charge in [-0.3, -0.25) is 9.59 Å². The van der Waals surface area contributed by atoms with Crippen LogP contribution in [0.2, 0.25) is 5.15 Å². The number of aromatic nitrogens is 2. The van der Waals surface area contributed by atoms with Crippen LogP contribution in [-0.2, 0) is 6.18 Å². The number of carbonyl (C=O) groups is 2. The van der Waals surface area contributed by atoms with Gasteiger partial charge in [0.05, 0.1) is 11.3 Å². The topological polar surface area (TPSA) is 73.7 Å². The summed E-state index contributed by atoms with van der Waals surface area (Å²) in [5.41, 5.74) is -1.39. The van der Waals surface area contributed by atoms with Gasteiger partial charge in [0.25, 0.3) is 5.91 Å². The second-order valence-corrected chi connectivity index (χ2v) is 6.89. The first-order valence-electron chi connectivity index (χ1n) is 10.8. The predicted octanol–water partition coefficient (Wildman–Crippen LogP) is 6.41. The largest absolute Gasteiger partial charge is 0.454 e. The highest BCUT2D eigenvalue weighted by Crippen LogP contribution is 2.36. The standard InChI is InChI=1S/C20H13ClF3N3O4.2C2H6/c1-26(12-5-6-15-16(8-12)31-10-30-15)19(29)11-3-2-4-13(7-11)27-18(21)14(9-28)17(25-27)20(22,23)24;2*1-2/h2-9H,10H2,1H3;2*1-2H3. The molecule has 1 aliphatic rings. The number of nitrogens with zero attached hydrogens (tertiary/aromatic N) is 3. The van der Waals surface area contributed by atoms with E-state index in [9.17, 15) is 22.8 Å². The number of hydrogen-bond donors (Lipinski definition) is 0. The number of aldehydes is 1. The number of anilines is 1. The van der Waals surface area contributed by atoms with Crippen molar-refractivity contribution >= 4 is 29.5 Å². The third-order valence-corrected chi connectivity index (χ3v) is 5.00. The SMILES string of the molecule is CC.CC.CN(C(=O)c1cccc(-n2nc(C(F)(F)F)c(C=O)c2Cl)c1)c1ccc2c(c1)OCO2. The summed E-state index contributed by atoms with van der Waals surface area (Å²) in [5, 5.41) is 2.93. The highest BCUT2D eigenvalue weighted by Gasteiger charge is 2.39.